The number of aromatic amines is 1. The number of rotatable bonds is 6. The van der Waals surface area contributed by atoms with E-state index in [0.29, 0.717) is 16.4 Å². The number of nitrogens with one attached hydrogen (secondary N) is 2. The van der Waals surface area contributed by atoms with Crippen LogP contribution in [0.3, 0.4) is 0 Å². The molecule has 0 spiro atoms. The van der Waals surface area contributed by atoms with E-state index < -0.39 is 0 Å². The number of carbonyl (C=O) groups is 1. The van der Waals surface area contributed by atoms with Gasteiger partial charge in [-0.2, -0.15) is 5.21 Å². The Morgan fingerprint density at radius 2 is 2.14 bits per heavy atom. The first kappa shape index (κ1) is 18.9. The van der Waals surface area contributed by atoms with Crippen LogP contribution in [0.1, 0.15) is 27.7 Å². The summed E-state index contributed by atoms with van der Waals surface area (Å²) in [6.07, 6.45) is 0.889. The lowest BCUT2D eigenvalue weighted by Crippen LogP contribution is -2.12. The van der Waals surface area contributed by atoms with Gasteiger partial charge in [-0.25, -0.2) is 0 Å². The van der Waals surface area contributed by atoms with Crippen molar-refractivity contribution in [1.29, 1.82) is 0 Å². The summed E-state index contributed by atoms with van der Waals surface area (Å²) in [5.74, 6) is 1.59. The normalized spacial score (nSPS) is 10.9. The third kappa shape index (κ3) is 3.77. The number of thiophene rings is 1. The highest BCUT2D eigenvalue weighted by Gasteiger charge is 2.23. The molecule has 0 atom stereocenters. The van der Waals surface area contributed by atoms with Crippen molar-refractivity contribution in [2.24, 2.45) is 0 Å². The maximum atomic E-state index is 12.9. The van der Waals surface area contributed by atoms with Gasteiger partial charge in [0.2, 0.25) is 0 Å². The van der Waals surface area contributed by atoms with E-state index in [0.717, 1.165) is 33.4 Å². The largest absolute Gasteiger partial charge is 0.496 e. The molecule has 2 aromatic carbocycles. The van der Waals surface area contributed by atoms with E-state index >= 15 is 0 Å². The lowest BCUT2D eigenvalue weighted by Gasteiger charge is -2.10. The Kier molecular flexibility index (Phi) is 5.13. The summed E-state index contributed by atoms with van der Waals surface area (Å²) in [6, 6.07) is 11.7. The molecule has 148 valence electrons. The zero-order chi connectivity index (χ0) is 20.4. The molecule has 0 aliphatic carbocycles. The monoisotopic (exact) mass is 409 g/mol. The summed E-state index contributed by atoms with van der Waals surface area (Å²) in [7, 11) is 1.62. The molecule has 2 aromatic heterocycles. The Morgan fingerprint density at radius 3 is 2.86 bits per heavy atom. The molecule has 9 heteroatoms. The molecule has 29 heavy (non-hydrogen) atoms. The van der Waals surface area contributed by atoms with E-state index in [1.807, 2.05) is 43.3 Å². The number of nitrogens with zero attached hydrogens (tertiary/aromatic N) is 3. The first-order chi connectivity index (χ1) is 14.1. The fourth-order valence-corrected chi connectivity index (χ4v) is 4.10. The van der Waals surface area contributed by atoms with Crippen LogP contribution < -0.4 is 14.8 Å². The highest BCUT2D eigenvalue weighted by molar-refractivity contribution is 7.21. The van der Waals surface area contributed by atoms with Gasteiger partial charge in [0.15, 0.2) is 5.75 Å². The summed E-state index contributed by atoms with van der Waals surface area (Å²) >= 11 is 1.34. The third-order valence-electron chi connectivity index (χ3n) is 4.46. The second kappa shape index (κ2) is 7.88. The van der Waals surface area contributed by atoms with Gasteiger partial charge in [-0.1, -0.05) is 24.2 Å². The first-order valence-corrected chi connectivity index (χ1v) is 9.83. The lowest BCUT2D eigenvalue weighted by molar-refractivity contribution is 0.102. The van der Waals surface area contributed by atoms with E-state index in [1.165, 1.54) is 11.3 Å². The quantitative estimate of drug-likeness (QED) is 0.491. The minimum atomic E-state index is -0.370. The molecule has 2 N–H and O–H groups in total. The van der Waals surface area contributed by atoms with Crippen LogP contribution in [0.15, 0.2) is 36.4 Å². The van der Waals surface area contributed by atoms with Crippen LogP contribution in [0.2, 0.25) is 0 Å². The average Bonchev–Trinajstić information content (AvgIpc) is 3.35. The van der Waals surface area contributed by atoms with Crippen molar-refractivity contribution in [3.8, 4) is 17.2 Å². The molecule has 8 nitrogen and oxygen atoms in total. The number of benzene rings is 2. The molecule has 1 amide bonds. The Hall–Kier alpha value is -3.46. The van der Waals surface area contributed by atoms with Crippen LogP contribution in [0, 0.1) is 6.92 Å². The summed E-state index contributed by atoms with van der Waals surface area (Å²) in [5.41, 5.74) is 2.12. The number of anilines is 1. The zero-order valence-electron chi connectivity index (χ0n) is 16.1. The third-order valence-corrected chi connectivity index (χ3v) is 5.60. The number of aromatic nitrogens is 4. The van der Waals surface area contributed by atoms with Gasteiger partial charge >= 0.3 is 0 Å². The number of carbonyl (C=O) groups excluding carboxylic acids is 1. The summed E-state index contributed by atoms with van der Waals surface area (Å²) in [4.78, 5) is 13.3. The second-order valence-electron chi connectivity index (χ2n) is 6.37. The topological polar surface area (TPSA) is 102 Å². The van der Waals surface area contributed by atoms with Crippen LogP contribution in [-0.4, -0.2) is 33.6 Å². The van der Waals surface area contributed by atoms with Gasteiger partial charge < -0.3 is 9.47 Å². The summed E-state index contributed by atoms with van der Waals surface area (Å²) < 4.78 is 12.6. The smallest absolute Gasteiger partial charge is 0.272 e. The standard InChI is InChI=1S/C20H19N5O3S/c1-4-12-6-5-7-13(9-12)28-17-14-10-15(27-3)11(2)8-16(14)29-18(17)19(26)21-20-22-24-25-23-20/h5-10H,4H2,1-3H3,(H2,21,22,23,24,25,26). The van der Waals surface area contributed by atoms with Crippen molar-refractivity contribution in [2.75, 3.05) is 12.4 Å². The Balaban J connectivity index is 1.82. The molecule has 4 aromatic rings. The van der Waals surface area contributed by atoms with E-state index in [-0.39, 0.29) is 11.9 Å². The van der Waals surface area contributed by atoms with Gasteiger partial charge in [0.1, 0.15) is 16.4 Å². The van der Waals surface area contributed by atoms with E-state index in [1.54, 1.807) is 7.11 Å². The number of ether oxygens (including phenoxy) is 2. The SMILES string of the molecule is CCc1cccc(Oc2c(C(=O)Nc3nn[nH]n3)sc3cc(C)c(OC)cc23)c1. The number of H-pyrrole nitrogens is 1. The van der Waals surface area contributed by atoms with Crippen LogP contribution in [-0.2, 0) is 6.42 Å². The van der Waals surface area contributed by atoms with Gasteiger partial charge in [-0.05, 0) is 54.0 Å². The van der Waals surface area contributed by atoms with Gasteiger partial charge in [0, 0.05) is 10.1 Å². The molecular formula is C20H19N5O3S. The Labute approximate surface area is 170 Å². The summed E-state index contributed by atoms with van der Waals surface area (Å²) in [6.45, 7) is 4.04. The van der Waals surface area contributed by atoms with E-state index in [9.17, 15) is 4.79 Å². The number of amides is 1. The van der Waals surface area contributed by atoms with Gasteiger partial charge in [-0.15, -0.1) is 16.4 Å². The molecule has 4 rings (SSSR count). The molecule has 0 unspecified atom stereocenters. The molecule has 0 radical (unpaired) electrons. The van der Waals surface area contributed by atoms with Gasteiger partial charge in [-0.3, -0.25) is 10.1 Å². The zero-order valence-corrected chi connectivity index (χ0v) is 17.0. The van der Waals surface area contributed by atoms with Gasteiger partial charge in [0.05, 0.1) is 7.11 Å². The minimum Gasteiger partial charge on any atom is -0.496 e. The second-order valence-corrected chi connectivity index (χ2v) is 7.42. The molecular weight excluding hydrogens is 390 g/mol. The Morgan fingerprint density at radius 1 is 1.28 bits per heavy atom. The number of hydrogen-bond donors (Lipinski definition) is 2. The van der Waals surface area contributed by atoms with Crippen LogP contribution in [0.5, 0.6) is 17.2 Å². The number of aryl methyl sites for hydroxylation is 2. The van der Waals surface area contributed by atoms with Crippen molar-refractivity contribution in [1.82, 2.24) is 20.6 Å². The lowest BCUT2D eigenvalue weighted by atomic mass is 10.1. The maximum Gasteiger partial charge on any atom is 0.272 e. The van der Waals surface area contributed by atoms with Crippen molar-refractivity contribution in [3.05, 3.63) is 52.4 Å². The molecule has 0 saturated carbocycles. The maximum absolute atomic E-state index is 12.9. The van der Waals surface area contributed by atoms with Crippen molar-refractivity contribution in [2.45, 2.75) is 20.3 Å². The van der Waals surface area contributed by atoms with E-state index in [4.69, 9.17) is 9.47 Å². The highest BCUT2D eigenvalue weighted by Crippen LogP contribution is 2.43. The minimum absolute atomic E-state index is 0.0974. The van der Waals surface area contributed by atoms with Gasteiger partial charge in [0.25, 0.3) is 11.9 Å². The number of fused-ring (bicyclic) bond motifs is 1. The van der Waals surface area contributed by atoms with Crippen molar-refractivity contribution < 1.29 is 14.3 Å². The fourth-order valence-electron chi connectivity index (χ4n) is 2.99. The predicted molar refractivity (Wildman–Crippen MR) is 111 cm³/mol. The molecule has 0 fully saturated rings. The molecule has 0 bridgehead atoms. The van der Waals surface area contributed by atoms with E-state index in [2.05, 4.69) is 32.9 Å². The average molecular weight is 409 g/mol. The van der Waals surface area contributed by atoms with Crippen molar-refractivity contribution >= 4 is 33.3 Å². The highest BCUT2D eigenvalue weighted by atomic mass is 32.1. The molecule has 0 aliphatic heterocycles. The number of methoxy groups -OCH3 is 1. The number of hydrogen-bond acceptors (Lipinski definition) is 7. The Bertz CT molecular complexity index is 1170. The van der Waals surface area contributed by atoms with Crippen LogP contribution in [0.25, 0.3) is 10.1 Å². The number of tetrazole rings is 1. The van der Waals surface area contributed by atoms with Crippen LogP contribution in [0.4, 0.5) is 5.95 Å². The predicted octanol–water partition coefficient (Wildman–Crippen LogP) is 4.34. The fraction of sp³-hybridized carbons (Fsp3) is 0.200. The van der Waals surface area contributed by atoms with Crippen LogP contribution >= 0.6 is 11.3 Å². The molecule has 0 saturated heterocycles. The molecule has 2 heterocycles. The molecule has 0 aliphatic rings. The van der Waals surface area contributed by atoms with Crippen molar-refractivity contribution in [3.63, 3.8) is 0 Å². The summed E-state index contributed by atoms with van der Waals surface area (Å²) in [5, 5.41) is 16.8. The first-order valence-electron chi connectivity index (χ1n) is 9.01.